The fraction of sp³-hybridized carbons (Fsp3) is 0.300. The predicted octanol–water partition coefficient (Wildman–Crippen LogP) is 3.76. The zero-order valence-corrected chi connectivity index (χ0v) is 16.1. The second kappa shape index (κ2) is 7.93. The molecule has 2 heterocycles. The molecule has 0 atom stereocenters. The summed E-state index contributed by atoms with van der Waals surface area (Å²) in [7, 11) is 0. The van der Waals surface area contributed by atoms with Gasteiger partial charge in [-0.15, -0.1) is 11.3 Å². The minimum Gasteiger partial charge on any atom is -0.467 e. The Morgan fingerprint density at radius 1 is 1.25 bits per heavy atom. The van der Waals surface area contributed by atoms with Crippen molar-refractivity contribution in [3.63, 3.8) is 0 Å². The Bertz CT molecular complexity index is 1020. The standard InChI is InChI=1S/C20H19N3O4S/c1-2-26-20(25)17-14(12-7-8-12)10-28-19(17)23-16(24)9-27-18-13-5-3-4-6-15(13)21-11-22-18/h3-6,10-12H,2,7-9H2,1H3,(H,23,24). The van der Waals surface area contributed by atoms with Gasteiger partial charge in [0.15, 0.2) is 6.61 Å². The van der Waals surface area contributed by atoms with E-state index in [1.807, 2.05) is 29.6 Å². The van der Waals surface area contributed by atoms with Crippen molar-refractivity contribution in [3.05, 3.63) is 47.1 Å². The summed E-state index contributed by atoms with van der Waals surface area (Å²) in [4.78, 5) is 33.1. The van der Waals surface area contributed by atoms with Crippen LogP contribution in [0.15, 0.2) is 36.0 Å². The van der Waals surface area contributed by atoms with Crippen molar-refractivity contribution in [1.29, 1.82) is 0 Å². The number of para-hydroxylation sites is 1. The zero-order chi connectivity index (χ0) is 19.5. The molecule has 1 N–H and O–H groups in total. The molecule has 1 amide bonds. The Hall–Kier alpha value is -3.00. The average molecular weight is 397 g/mol. The molecule has 0 saturated heterocycles. The van der Waals surface area contributed by atoms with E-state index >= 15 is 0 Å². The topological polar surface area (TPSA) is 90.4 Å². The number of hydrogen-bond acceptors (Lipinski definition) is 7. The van der Waals surface area contributed by atoms with Crippen LogP contribution in [-0.2, 0) is 9.53 Å². The molecule has 8 heteroatoms. The summed E-state index contributed by atoms with van der Waals surface area (Å²) in [5.74, 6) is -0.0396. The lowest BCUT2D eigenvalue weighted by atomic mass is 10.1. The molecule has 7 nitrogen and oxygen atoms in total. The summed E-state index contributed by atoms with van der Waals surface area (Å²) in [6.07, 6.45) is 3.51. The number of benzene rings is 1. The van der Waals surface area contributed by atoms with Crippen LogP contribution in [0.1, 0.15) is 41.6 Å². The maximum absolute atomic E-state index is 12.4. The molecule has 144 valence electrons. The number of nitrogens with zero attached hydrogens (tertiary/aromatic N) is 2. The summed E-state index contributed by atoms with van der Waals surface area (Å²) >= 11 is 1.34. The van der Waals surface area contributed by atoms with Gasteiger partial charge in [0.2, 0.25) is 5.88 Å². The fourth-order valence-corrected chi connectivity index (χ4v) is 4.01. The van der Waals surface area contributed by atoms with Gasteiger partial charge in [-0.25, -0.2) is 14.8 Å². The highest BCUT2D eigenvalue weighted by molar-refractivity contribution is 7.15. The molecule has 0 aliphatic heterocycles. The van der Waals surface area contributed by atoms with Crippen LogP contribution in [0.5, 0.6) is 5.88 Å². The maximum Gasteiger partial charge on any atom is 0.341 e. The van der Waals surface area contributed by atoms with Crippen LogP contribution in [0.25, 0.3) is 10.9 Å². The Kier molecular flexibility index (Phi) is 5.21. The number of fused-ring (bicyclic) bond motifs is 1. The molecule has 2 aromatic heterocycles. The van der Waals surface area contributed by atoms with Crippen molar-refractivity contribution in [2.24, 2.45) is 0 Å². The van der Waals surface area contributed by atoms with Gasteiger partial charge < -0.3 is 14.8 Å². The Morgan fingerprint density at radius 2 is 2.07 bits per heavy atom. The van der Waals surface area contributed by atoms with Crippen molar-refractivity contribution in [3.8, 4) is 5.88 Å². The van der Waals surface area contributed by atoms with E-state index in [1.54, 1.807) is 6.92 Å². The van der Waals surface area contributed by atoms with Crippen molar-refractivity contribution in [1.82, 2.24) is 9.97 Å². The number of esters is 1. The van der Waals surface area contributed by atoms with Crippen molar-refractivity contribution >= 4 is 39.1 Å². The van der Waals surface area contributed by atoms with Gasteiger partial charge in [-0.1, -0.05) is 12.1 Å². The number of rotatable bonds is 7. The van der Waals surface area contributed by atoms with E-state index in [4.69, 9.17) is 9.47 Å². The number of ether oxygens (including phenoxy) is 2. The van der Waals surface area contributed by atoms with Gasteiger partial charge >= 0.3 is 5.97 Å². The molecule has 28 heavy (non-hydrogen) atoms. The molecule has 0 unspecified atom stereocenters. The second-order valence-corrected chi connectivity index (χ2v) is 7.30. The number of hydrogen-bond donors (Lipinski definition) is 1. The maximum atomic E-state index is 12.4. The first kappa shape index (κ1) is 18.4. The average Bonchev–Trinajstić information content (AvgIpc) is 3.47. The van der Waals surface area contributed by atoms with E-state index in [0.717, 1.165) is 29.3 Å². The van der Waals surface area contributed by atoms with E-state index in [2.05, 4.69) is 15.3 Å². The highest BCUT2D eigenvalue weighted by Gasteiger charge is 2.32. The van der Waals surface area contributed by atoms with Crippen LogP contribution in [0.3, 0.4) is 0 Å². The normalized spacial score (nSPS) is 13.3. The van der Waals surface area contributed by atoms with Gasteiger partial charge in [0.1, 0.15) is 11.3 Å². The first-order valence-corrected chi connectivity index (χ1v) is 9.96. The molecule has 1 aliphatic carbocycles. The molecule has 0 spiro atoms. The fourth-order valence-electron chi connectivity index (χ4n) is 2.96. The van der Waals surface area contributed by atoms with Crippen LogP contribution in [0, 0.1) is 0 Å². The molecule has 1 aliphatic rings. The SMILES string of the molecule is CCOC(=O)c1c(C2CC2)csc1NC(=O)COc1ncnc2ccccc12. The van der Waals surface area contributed by atoms with Gasteiger partial charge in [0.05, 0.1) is 23.1 Å². The van der Waals surface area contributed by atoms with Gasteiger partial charge in [-0.3, -0.25) is 4.79 Å². The molecular weight excluding hydrogens is 378 g/mol. The molecule has 0 radical (unpaired) electrons. The lowest BCUT2D eigenvalue weighted by molar-refractivity contribution is -0.118. The van der Waals surface area contributed by atoms with E-state index in [0.29, 0.717) is 22.4 Å². The minimum absolute atomic E-state index is 0.222. The third kappa shape index (κ3) is 3.82. The van der Waals surface area contributed by atoms with Crippen LogP contribution >= 0.6 is 11.3 Å². The Labute approximate surface area is 165 Å². The first-order valence-electron chi connectivity index (χ1n) is 9.08. The summed E-state index contributed by atoms with van der Waals surface area (Å²) in [5, 5.41) is 5.95. The van der Waals surface area contributed by atoms with Crippen LogP contribution in [0.2, 0.25) is 0 Å². The van der Waals surface area contributed by atoms with Gasteiger partial charge in [0, 0.05) is 0 Å². The zero-order valence-electron chi connectivity index (χ0n) is 15.3. The number of amides is 1. The molecule has 0 bridgehead atoms. The van der Waals surface area contributed by atoms with Crippen molar-refractivity contribution in [2.45, 2.75) is 25.7 Å². The van der Waals surface area contributed by atoms with Crippen molar-refractivity contribution in [2.75, 3.05) is 18.5 Å². The summed E-state index contributed by atoms with van der Waals surface area (Å²) in [6, 6.07) is 7.41. The summed E-state index contributed by atoms with van der Waals surface area (Å²) in [5.41, 5.74) is 2.17. The number of carbonyl (C=O) groups is 2. The van der Waals surface area contributed by atoms with Gasteiger partial charge in [0.25, 0.3) is 5.91 Å². The highest BCUT2D eigenvalue weighted by Crippen LogP contribution is 2.46. The summed E-state index contributed by atoms with van der Waals surface area (Å²) in [6.45, 7) is 1.83. The molecule has 1 aromatic carbocycles. The van der Waals surface area contributed by atoms with E-state index in [-0.39, 0.29) is 19.1 Å². The van der Waals surface area contributed by atoms with Gasteiger partial charge in [-0.2, -0.15) is 0 Å². The number of carbonyl (C=O) groups excluding carboxylic acids is 2. The molecular formula is C20H19N3O4S. The number of anilines is 1. The number of thiophene rings is 1. The second-order valence-electron chi connectivity index (χ2n) is 6.42. The van der Waals surface area contributed by atoms with Crippen molar-refractivity contribution < 1.29 is 19.1 Å². The monoisotopic (exact) mass is 397 g/mol. The molecule has 1 fully saturated rings. The van der Waals surface area contributed by atoms with Crippen LogP contribution in [0.4, 0.5) is 5.00 Å². The molecule has 4 rings (SSSR count). The largest absolute Gasteiger partial charge is 0.467 e. The van der Waals surface area contributed by atoms with Gasteiger partial charge in [-0.05, 0) is 48.8 Å². The molecule has 3 aromatic rings. The first-order chi connectivity index (χ1) is 13.7. The lowest BCUT2D eigenvalue weighted by Gasteiger charge is -2.10. The van der Waals surface area contributed by atoms with Crippen LogP contribution in [-0.4, -0.2) is 35.1 Å². The minimum atomic E-state index is -0.399. The van der Waals surface area contributed by atoms with E-state index in [1.165, 1.54) is 17.7 Å². The highest BCUT2D eigenvalue weighted by atomic mass is 32.1. The smallest absolute Gasteiger partial charge is 0.341 e. The van der Waals surface area contributed by atoms with E-state index in [9.17, 15) is 9.59 Å². The number of aromatic nitrogens is 2. The van der Waals surface area contributed by atoms with Crippen LogP contribution < -0.4 is 10.1 Å². The summed E-state index contributed by atoms with van der Waals surface area (Å²) < 4.78 is 10.8. The molecule has 1 saturated carbocycles. The lowest BCUT2D eigenvalue weighted by Crippen LogP contribution is -2.21. The predicted molar refractivity (Wildman–Crippen MR) is 106 cm³/mol. The quantitative estimate of drug-likeness (QED) is 0.611. The third-order valence-electron chi connectivity index (χ3n) is 4.42. The van der Waals surface area contributed by atoms with E-state index < -0.39 is 5.97 Å². The Morgan fingerprint density at radius 3 is 2.86 bits per heavy atom. The third-order valence-corrected chi connectivity index (χ3v) is 5.33. The Balaban J connectivity index is 1.47. The number of nitrogens with one attached hydrogen (secondary N) is 1.